The summed E-state index contributed by atoms with van der Waals surface area (Å²) in [6, 6.07) is 3.01. The molecule has 0 spiro atoms. The van der Waals surface area contributed by atoms with Gasteiger partial charge in [-0.1, -0.05) is 0 Å². The molecule has 1 N–H and O–H groups in total. The molecule has 0 atom stereocenters. The van der Waals surface area contributed by atoms with Crippen LogP contribution in [0.2, 0.25) is 0 Å². The summed E-state index contributed by atoms with van der Waals surface area (Å²) in [5, 5.41) is 9.03. The number of aromatic carboxylic acids is 1. The number of ether oxygens (including phenoxy) is 2. The minimum atomic E-state index is -1.22. The van der Waals surface area contributed by atoms with Crippen molar-refractivity contribution in [2.24, 2.45) is 0 Å². The highest BCUT2D eigenvalue weighted by Crippen LogP contribution is 2.25. The van der Waals surface area contributed by atoms with Gasteiger partial charge in [-0.2, -0.15) is 0 Å². The van der Waals surface area contributed by atoms with Crippen LogP contribution in [-0.4, -0.2) is 31.3 Å². The van der Waals surface area contributed by atoms with Gasteiger partial charge in [-0.15, -0.1) is 0 Å². The normalized spacial score (nSPS) is 9.69. The largest absolute Gasteiger partial charge is 0.496 e. The van der Waals surface area contributed by atoms with Crippen molar-refractivity contribution >= 4 is 11.9 Å². The van der Waals surface area contributed by atoms with E-state index in [-0.39, 0.29) is 16.9 Å². The second-order valence-electron chi connectivity index (χ2n) is 3.19. The van der Waals surface area contributed by atoms with Crippen molar-refractivity contribution < 1.29 is 24.2 Å². The Morgan fingerprint density at radius 3 is 2.31 bits per heavy atom. The van der Waals surface area contributed by atoms with Crippen LogP contribution in [0.4, 0.5) is 0 Å². The Labute approximate surface area is 92.6 Å². The second kappa shape index (κ2) is 4.65. The van der Waals surface area contributed by atoms with Crippen LogP contribution in [-0.2, 0) is 4.74 Å². The third-order valence-electron chi connectivity index (χ3n) is 2.09. The van der Waals surface area contributed by atoms with Crippen LogP contribution >= 0.6 is 0 Å². The SMILES string of the molecule is COC(=O)c1cc(C)cc(OC)c1C(=O)O. The third kappa shape index (κ3) is 2.13. The molecule has 1 rings (SSSR count). The van der Waals surface area contributed by atoms with Gasteiger partial charge in [-0.05, 0) is 24.6 Å². The maximum Gasteiger partial charge on any atom is 0.340 e. The number of hydrogen-bond acceptors (Lipinski definition) is 4. The molecule has 16 heavy (non-hydrogen) atoms. The summed E-state index contributed by atoms with van der Waals surface area (Å²) in [4.78, 5) is 22.5. The van der Waals surface area contributed by atoms with E-state index in [2.05, 4.69) is 4.74 Å². The molecule has 0 amide bonds. The van der Waals surface area contributed by atoms with E-state index >= 15 is 0 Å². The van der Waals surface area contributed by atoms with E-state index in [0.29, 0.717) is 0 Å². The molecular weight excluding hydrogens is 212 g/mol. The molecule has 0 bridgehead atoms. The molecule has 0 radical (unpaired) electrons. The summed E-state index contributed by atoms with van der Waals surface area (Å²) in [6.45, 7) is 1.74. The lowest BCUT2D eigenvalue weighted by Crippen LogP contribution is -2.12. The zero-order valence-corrected chi connectivity index (χ0v) is 9.23. The van der Waals surface area contributed by atoms with Crippen LogP contribution in [0.3, 0.4) is 0 Å². The van der Waals surface area contributed by atoms with Gasteiger partial charge in [-0.3, -0.25) is 0 Å². The fourth-order valence-electron chi connectivity index (χ4n) is 1.41. The summed E-state index contributed by atoms with van der Waals surface area (Å²) < 4.78 is 9.46. The first-order valence-corrected chi connectivity index (χ1v) is 4.51. The summed E-state index contributed by atoms with van der Waals surface area (Å²) in [6.07, 6.45) is 0. The van der Waals surface area contributed by atoms with Gasteiger partial charge in [-0.25, -0.2) is 9.59 Å². The molecule has 0 aliphatic carbocycles. The van der Waals surface area contributed by atoms with Gasteiger partial charge < -0.3 is 14.6 Å². The maximum atomic E-state index is 11.4. The van der Waals surface area contributed by atoms with Gasteiger partial charge in [0.2, 0.25) is 0 Å². The predicted molar refractivity (Wildman–Crippen MR) is 56.0 cm³/mol. The van der Waals surface area contributed by atoms with E-state index in [1.807, 2.05) is 0 Å². The summed E-state index contributed by atoms with van der Waals surface area (Å²) in [5.74, 6) is -1.77. The van der Waals surface area contributed by atoms with Crippen LogP contribution in [0.5, 0.6) is 5.75 Å². The number of rotatable bonds is 3. The smallest absolute Gasteiger partial charge is 0.340 e. The number of carboxylic acids is 1. The average Bonchev–Trinajstić information content (AvgIpc) is 2.26. The van der Waals surface area contributed by atoms with E-state index in [4.69, 9.17) is 9.84 Å². The third-order valence-corrected chi connectivity index (χ3v) is 2.09. The molecule has 5 heteroatoms. The summed E-state index contributed by atoms with van der Waals surface area (Å²) in [5.41, 5.74) is 0.536. The fourth-order valence-corrected chi connectivity index (χ4v) is 1.41. The highest BCUT2D eigenvalue weighted by molar-refractivity contribution is 6.04. The van der Waals surface area contributed by atoms with E-state index < -0.39 is 11.9 Å². The molecular formula is C11H12O5. The quantitative estimate of drug-likeness (QED) is 0.787. The van der Waals surface area contributed by atoms with E-state index in [1.54, 1.807) is 13.0 Å². The molecule has 0 fully saturated rings. The second-order valence-corrected chi connectivity index (χ2v) is 3.19. The fraction of sp³-hybridized carbons (Fsp3) is 0.273. The summed E-state index contributed by atoms with van der Waals surface area (Å²) >= 11 is 0. The van der Waals surface area contributed by atoms with Gasteiger partial charge >= 0.3 is 11.9 Å². The first-order valence-electron chi connectivity index (χ1n) is 4.51. The highest BCUT2D eigenvalue weighted by atomic mass is 16.5. The molecule has 0 saturated carbocycles. The zero-order valence-electron chi connectivity index (χ0n) is 9.23. The Morgan fingerprint density at radius 2 is 1.88 bits per heavy atom. The minimum absolute atomic E-state index is 0.00755. The molecule has 0 aliphatic heterocycles. The number of esters is 1. The molecule has 1 aromatic rings. The van der Waals surface area contributed by atoms with Gasteiger partial charge in [0.1, 0.15) is 11.3 Å². The maximum absolute atomic E-state index is 11.4. The van der Waals surface area contributed by atoms with E-state index in [1.165, 1.54) is 20.3 Å². The van der Waals surface area contributed by atoms with Crippen LogP contribution < -0.4 is 4.74 Å². The zero-order chi connectivity index (χ0) is 12.3. The average molecular weight is 224 g/mol. The monoisotopic (exact) mass is 224 g/mol. The Bertz CT molecular complexity index is 436. The first-order chi connectivity index (χ1) is 7.51. The number of carbonyl (C=O) groups is 2. The molecule has 1 aromatic carbocycles. The van der Waals surface area contributed by atoms with Crippen molar-refractivity contribution in [3.8, 4) is 5.75 Å². The molecule has 0 heterocycles. The van der Waals surface area contributed by atoms with Crippen LogP contribution in [0.25, 0.3) is 0 Å². The van der Waals surface area contributed by atoms with Crippen LogP contribution in [0.1, 0.15) is 26.3 Å². The van der Waals surface area contributed by atoms with Crippen LogP contribution in [0, 0.1) is 6.92 Å². The molecule has 0 aliphatic rings. The van der Waals surface area contributed by atoms with Gasteiger partial charge in [0.15, 0.2) is 0 Å². The first kappa shape index (κ1) is 12.0. The van der Waals surface area contributed by atoms with Crippen molar-refractivity contribution in [2.45, 2.75) is 6.92 Å². The number of carbonyl (C=O) groups excluding carboxylic acids is 1. The topological polar surface area (TPSA) is 72.8 Å². The van der Waals surface area contributed by atoms with Crippen molar-refractivity contribution in [3.05, 3.63) is 28.8 Å². The Hall–Kier alpha value is -2.04. The van der Waals surface area contributed by atoms with Gasteiger partial charge in [0.05, 0.1) is 19.8 Å². The number of hydrogen-bond donors (Lipinski definition) is 1. The Morgan fingerprint density at radius 1 is 1.25 bits per heavy atom. The molecule has 0 aromatic heterocycles. The molecule has 0 saturated heterocycles. The van der Waals surface area contributed by atoms with Crippen molar-refractivity contribution in [1.29, 1.82) is 0 Å². The number of benzene rings is 1. The van der Waals surface area contributed by atoms with Gasteiger partial charge in [0, 0.05) is 0 Å². The lowest BCUT2D eigenvalue weighted by Gasteiger charge is -2.10. The van der Waals surface area contributed by atoms with Crippen molar-refractivity contribution in [1.82, 2.24) is 0 Å². The van der Waals surface area contributed by atoms with Crippen molar-refractivity contribution in [3.63, 3.8) is 0 Å². The standard InChI is InChI=1S/C11H12O5/c1-6-4-7(11(14)16-3)9(10(12)13)8(5-6)15-2/h4-5H,1-3H3,(H,12,13). The molecule has 5 nitrogen and oxygen atoms in total. The Balaban J connectivity index is 3.50. The van der Waals surface area contributed by atoms with Crippen molar-refractivity contribution in [2.75, 3.05) is 14.2 Å². The lowest BCUT2D eigenvalue weighted by molar-refractivity contribution is 0.0581. The summed E-state index contributed by atoms with van der Waals surface area (Å²) in [7, 11) is 2.55. The molecule has 0 unspecified atom stereocenters. The Kier molecular flexibility index (Phi) is 3.50. The number of methoxy groups -OCH3 is 2. The van der Waals surface area contributed by atoms with Gasteiger partial charge in [0.25, 0.3) is 0 Å². The highest BCUT2D eigenvalue weighted by Gasteiger charge is 2.22. The van der Waals surface area contributed by atoms with Crippen LogP contribution in [0.15, 0.2) is 12.1 Å². The van der Waals surface area contributed by atoms with E-state index in [0.717, 1.165) is 5.56 Å². The lowest BCUT2D eigenvalue weighted by atomic mass is 10.0. The van der Waals surface area contributed by atoms with E-state index in [9.17, 15) is 9.59 Å². The minimum Gasteiger partial charge on any atom is -0.496 e. The molecule has 86 valence electrons. The predicted octanol–water partition coefficient (Wildman–Crippen LogP) is 1.49. The number of aryl methyl sites for hydroxylation is 1. The number of carboxylic acid groups (broad SMARTS) is 1.